The van der Waals surface area contributed by atoms with Crippen LogP contribution in [-0.2, 0) is 4.79 Å². The second-order valence-corrected chi connectivity index (χ2v) is 4.04. The summed E-state index contributed by atoms with van der Waals surface area (Å²) in [4.78, 5) is 11.6. The summed E-state index contributed by atoms with van der Waals surface area (Å²) in [5, 5.41) is 12.1. The van der Waals surface area contributed by atoms with Crippen LogP contribution in [0.3, 0.4) is 0 Å². The largest absolute Gasteiger partial charge is 0.411 e. The Labute approximate surface area is 82.8 Å². The van der Waals surface area contributed by atoms with Crippen LogP contribution in [-0.4, -0.2) is 16.7 Å². The van der Waals surface area contributed by atoms with Gasteiger partial charge in [-0.05, 0) is 32.4 Å². The van der Waals surface area contributed by atoms with Crippen LogP contribution in [0.25, 0.3) is 0 Å². The van der Waals surface area contributed by atoms with Gasteiger partial charge < -0.3 is 5.21 Å². The molecule has 3 heteroatoms. The van der Waals surface area contributed by atoms with Crippen LogP contribution in [0.4, 0.5) is 0 Å². The van der Waals surface area contributed by atoms with E-state index in [1.54, 1.807) is 6.08 Å². The maximum atomic E-state index is 11.6. The van der Waals surface area contributed by atoms with Gasteiger partial charge in [0, 0.05) is 11.8 Å². The van der Waals surface area contributed by atoms with Crippen LogP contribution in [0.1, 0.15) is 20.3 Å². The second-order valence-electron chi connectivity index (χ2n) is 4.04. The normalized spacial score (nSPS) is 34.1. The van der Waals surface area contributed by atoms with E-state index in [1.165, 1.54) is 0 Å². The third kappa shape index (κ3) is 1.20. The van der Waals surface area contributed by atoms with Gasteiger partial charge in [0.2, 0.25) is 0 Å². The van der Waals surface area contributed by atoms with E-state index in [2.05, 4.69) is 5.16 Å². The summed E-state index contributed by atoms with van der Waals surface area (Å²) >= 11 is 0. The Balaban J connectivity index is 2.48. The Bertz CT molecular complexity index is 377. The summed E-state index contributed by atoms with van der Waals surface area (Å²) in [6.45, 7) is 3.83. The lowest BCUT2D eigenvalue weighted by Crippen LogP contribution is -2.32. The first-order valence-electron chi connectivity index (χ1n) is 4.75. The van der Waals surface area contributed by atoms with Crippen LogP contribution >= 0.6 is 0 Å². The number of oxime groups is 1. The first-order chi connectivity index (χ1) is 6.63. The van der Waals surface area contributed by atoms with E-state index in [4.69, 9.17) is 5.21 Å². The Morgan fingerprint density at radius 1 is 1.29 bits per heavy atom. The molecule has 0 fully saturated rings. The molecule has 2 unspecified atom stereocenters. The van der Waals surface area contributed by atoms with Gasteiger partial charge in [-0.2, -0.15) is 0 Å². The average molecular weight is 191 g/mol. The van der Waals surface area contributed by atoms with E-state index in [9.17, 15) is 4.79 Å². The Kier molecular flexibility index (Phi) is 2.02. The van der Waals surface area contributed by atoms with Crippen molar-refractivity contribution < 1.29 is 10.0 Å². The fourth-order valence-corrected chi connectivity index (χ4v) is 2.26. The summed E-state index contributed by atoms with van der Waals surface area (Å²) < 4.78 is 0. The zero-order valence-electron chi connectivity index (χ0n) is 8.32. The smallest absolute Gasteiger partial charge is 0.162 e. The zero-order chi connectivity index (χ0) is 10.3. The van der Waals surface area contributed by atoms with Gasteiger partial charge in [-0.1, -0.05) is 16.3 Å². The van der Waals surface area contributed by atoms with Crippen LogP contribution < -0.4 is 0 Å². The summed E-state index contributed by atoms with van der Waals surface area (Å²) in [6.07, 6.45) is 4.27. The molecule has 0 aromatic carbocycles. The molecule has 0 heterocycles. The quantitative estimate of drug-likeness (QED) is 0.470. The molecule has 0 aliphatic heterocycles. The number of carbonyl (C=O) groups is 1. The first kappa shape index (κ1) is 9.19. The highest BCUT2D eigenvalue weighted by Gasteiger charge is 2.35. The minimum absolute atomic E-state index is 0.00852. The standard InChI is InChI=1S/C11H13NO2/c1-6-3-10(12-14)8-5-9(6)11(13)4-7(8)2/h3-4,8-9,14H,5H2,1-2H3. The number of fused-ring (bicyclic) bond motifs is 2. The minimum Gasteiger partial charge on any atom is -0.411 e. The number of nitrogens with zero attached hydrogens (tertiary/aromatic N) is 1. The molecule has 1 N–H and O–H groups in total. The first-order valence-corrected chi connectivity index (χ1v) is 4.75. The van der Waals surface area contributed by atoms with Gasteiger partial charge in [-0.15, -0.1) is 0 Å². The summed E-state index contributed by atoms with van der Waals surface area (Å²) in [5.74, 6) is 0.324. The lowest BCUT2D eigenvalue weighted by molar-refractivity contribution is -0.118. The Morgan fingerprint density at radius 3 is 2.57 bits per heavy atom. The van der Waals surface area contributed by atoms with E-state index in [-0.39, 0.29) is 17.6 Å². The summed E-state index contributed by atoms with van der Waals surface area (Å²) in [7, 11) is 0. The van der Waals surface area contributed by atoms with Crippen molar-refractivity contribution in [2.75, 3.05) is 0 Å². The molecule has 0 saturated carbocycles. The number of ketones is 1. The highest BCUT2D eigenvalue weighted by Crippen LogP contribution is 2.36. The number of carbonyl (C=O) groups excluding carboxylic acids is 1. The summed E-state index contributed by atoms with van der Waals surface area (Å²) in [6, 6.07) is 0. The van der Waals surface area contributed by atoms with Crippen LogP contribution in [0, 0.1) is 11.8 Å². The zero-order valence-corrected chi connectivity index (χ0v) is 8.32. The molecular weight excluding hydrogens is 178 g/mol. The van der Waals surface area contributed by atoms with Crippen molar-refractivity contribution in [1.29, 1.82) is 0 Å². The number of allylic oxidation sites excluding steroid dienone is 4. The second kappa shape index (κ2) is 3.08. The topological polar surface area (TPSA) is 49.7 Å². The van der Waals surface area contributed by atoms with E-state index in [0.29, 0.717) is 5.71 Å². The molecule has 2 rings (SSSR count). The van der Waals surface area contributed by atoms with Gasteiger partial charge in [-0.25, -0.2) is 0 Å². The molecule has 2 atom stereocenters. The van der Waals surface area contributed by atoms with Crippen LogP contribution in [0.15, 0.2) is 28.5 Å². The number of hydrogen-bond donors (Lipinski definition) is 1. The van der Waals surface area contributed by atoms with E-state index in [0.717, 1.165) is 17.6 Å². The molecule has 0 aromatic rings. The fraction of sp³-hybridized carbons (Fsp3) is 0.455. The SMILES string of the molecule is CC1=CC(=NO)C2CC1C(=O)C=C2C. The monoisotopic (exact) mass is 191 g/mol. The molecule has 14 heavy (non-hydrogen) atoms. The van der Waals surface area contributed by atoms with Gasteiger partial charge in [0.05, 0.1) is 5.71 Å². The van der Waals surface area contributed by atoms with E-state index >= 15 is 0 Å². The highest BCUT2D eigenvalue weighted by molar-refractivity contribution is 6.06. The molecule has 0 saturated heterocycles. The highest BCUT2D eigenvalue weighted by atomic mass is 16.4. The van der Waals surface area contributed by atoms with Gasteiger partial charge in [0.15, 0.2) is 5.78 Å². The van der Waals surface area contributed by atoms with Crippen molar-refractivity contribution in [1.82, 2.24) is 0 Å². The lowest BCUT2D eigenvalue weighted by atomic mass is 9.71. The molecule has 0 radical (unpaired) electrons. The third-order valence-electron chi connectivity index (χ3n) is 3.13. The lowest BCUT2D eigenvalue weighted by Gasteiger charge is -2.32. The van der Waals surface area contributed by atoms with Crippen molar-refractivity contribution in [2.24, 2.45) is 17.0 Å². The predicted octanol–water partition coefficient (Wildman–Crippen LogP) is 1.93. The maximum absolute atomic E-state index is 11.6. The molecule has 0 aromatic heterocycles. The Hall–Kier alpha value is -1.38. The van der Waals surface area contributed by atoms with Crippen molar-refractivity contribution in [3.63, 3.8) is 0 Å². The molecule has 2 aliphatic carbocycles. The van der Waals surface area contributed by atoms with Crippen molar-refractivity contribution in [2.45, 2.75) is 20.3 Å². The minimum atomic E-state index is 0.00852. The number of hydrogen-bond acceptors (Lipinski definition) is 3. The molecule has 2 bridgehead atoms. The summed E-state index contributed by atoms with van der Waals surface area (Å²) in [5.41, 5.74) is 2.69. The molecular formula is C11H13NO2. The van der Waals surface area contributed by atoms with Gasteiger partial charge in [0.25, 0.3) is 0 Å². The molecule has 0 amide bonds. The Morgan fingerprint density at radius 2 is 1.93 bits per heavy atom. The fourth-order valence-electron chi connectivity index (χ4n) is 2.26. The van der Waals surface area contributed by atoms with Gasteiger partial charge >= 0.3 is 0 Å². The molecule has 2 aliphatic rings. The average Bonchev–Trinajstić information content (AvgIpc) is 2.15. The number of rotatable bonds is 0. The molecule has 0 spiro atoms. The predicted molar refractivity (Wildman–Crippen MR) is 53.3 cm³/mol. The van der Waals surface area contributed by atoms with Crippen LogP contribution in [0.2, 0.25) is 0 Å². The van der Waals surface area contributed by atoms with E-state index in [1.807, 2.05) is 19.9 Å². The maximum Gasteiger partial charge on any atom is 0.162 e. The van der Waals surface area contributed by atoms with Crippen molar-refractivity contribution in [3.8, 4) is 0 Å². The molecule has 3 nitrogen and oxygen atoms in total. The van der Waals surface area contributed by atoms with Crippen LogP contribution in [0.5, 0.6) is 0 Å². The van der Waals surface area contributed by atoms with E-state index < -0.39 is 0 Å². The molecule has 74 valence electrons. The van der Waals surface area contributed by atoms with Gasteiger partial charge in [-0.3, -0.25) is 4.79 Å². The third-order valence-corrected chi connectivity index (χ3v) is 3.13. The van der Waals surface area contributed by atoms with Gasteiger partial charge in [0.1, 0.15) is 0 Å². The van der Waals surface area contributed by atoms with Crippen molar-refractivity contribution >= 4 is 11.5 Å². The van der Waals surface area contributed by atoms with Crippen molar-refractivity contribution in [3.05, 3.63) is 23.3 Å².